The molecule has 0 aromatic carbocycles. The van der Waals surface area contributed by atoms with Crippen molar-refractivity contribution in [3.8, 4) is 0 Å². The molecular weight excluding hydrogens is 330 g/mol. The Labute approximate surface area is 155 Å². The van der Waals surface area contributed by atoms with Crippen molar-refractivity contribution in [3.05, 3.63) is 18.0 Å². The molecule has 1 aliphatic carbocycles. The van der Waals surface area contributed by atoms with Crippen LogP contribution in [0.15, 0.2) is 17.4 Å². The van der Waals surface area contributed by atoms with Gasteiger partial charge < -0.3 is 19.7 Å². The molecule has 2 saturated heterocycles. The van der Waals surface area contributed by atoms with Gasteiger partial charge in [-0.15, -0.1) is 0 Å². The molecule has 0 amide bonds. The van der Waals surface area contributed by atoms with Gasteiger partial charge in [-0.25, -0.2) is 0 Å². The summed E-state index contributed by atoms with van der Waals surface area (Å²) in [7, 11) is 3.81. The van der Waals surface area contributed by atoms with E-state index in [1.54, 1.807) is 0 Å². The van der Waals surface area contributed by atoms with Crippen LogP contribution in [-0.2, 0) is 16.5 Å². The Hall–Kier alpha value is -1.60. The molecule has 26 heavy (non-hydrogen) atoms. The molecule has 1 saturated carbocycles. The van der Waals surface area contributed by atoms with E-state index in [0.717, 1.165) is 37.6 Å². The summed E-state index contributed by atoms with van der Waals surface area (Å²) >= 11 is 0. The molecule has 7 nitrogen and oxygen atoms in total. The van der Waals surface area contributed by atoms with Gasteiger partial charge in [0.25, 0.3) is 0 Å². The molecule has 1 N–H and O–H groups in total. The number of aromatic nitrogens is 2. The van der Waals surface area contributed by atoms with Gasteiger partial charge in [0.2, 0.25) is 0 Å². The largest absolute Gasteiger partial charge is 0.377 e. The molecule has 1 aromatic heterocycles. The normalized spacial score (nSPS) is 34.2. The number of nitrogens with one attached hydrogen (secondary N) is 1. The fraction of sp³-hybridized carbons (Fsp3) is 0.789. The number of hydrogen-bond donors (Lipinski definition) is 1. The molecule has 0 radical (unpaired) electrons. The van der Waals surface area contributed by atoms with Gasteiger partial charge in [0.1, 0.15) is 6.10 Å². The summed E-state index contributed by atoms with van der Waals surface area (Å²) in [6.07, 6.45) is 6.74. The maximum Gasteiger partial charge on any atom is 0.194 e. The molecule has 0 spiro atoms. The van der Waals surface area contributed by atoms with Crippen molar-refractivity contribution in [1.82, 2.24) is 20.0 Å². The van der Waals surface area contributed by atoms with Gasteiger partial charge in [0.05, 0.1) is 25.5 Å². The van der Waals surface area contributed by atoms with E-state index in [0.29, 0.717) is 24.7 Å². The molecule has 144 valence electrons. The van der Waals surface area contributed by atoms with Gasteiger partial charge in [-0.1, -0.05) is 13.8 Å². The van der Waals surface area contributed by atoms with Crippen LogP contribution in [0.5, 0.6) is 0 Å². The fourth-order valence-corrected chi connectivity index (χ4v) is 4.90. The first-order valence-electron chi connectivity index (χ1n) is 9.70. The summed E-state index contributed by atoms with van der Waals surface area (Å²) in [5.41, 5.74) is 1.26. The number of fused-ring (bicyclic) bond motifs is 1. The van der Waals surface area contributed by atoms with Crippen LogP contribution in [0.25, 0.3) is 0 Å². The van der Waals surface area contributed by atoms with Crippen LogP contribution >= 0.6 is 0 Å². The molecule has 4 unspecified atom stereocenters. The maximum atomic E-state index is 6.04. The van der Waals surface area contributed by atoms with E-state index in [4.69, 9.17) is 9.47 Å². The number of aliphatic imine (C=N–C) groups is 1. The summed E-state index contributed by atoms with van der Waals surface area (Å²) in [5, 5.41) is 8.03. The fourth-order valence-electron chi connectivity index (χ4n) is 4.90. The average molecular weight is 361 g/mol. The highest BCUT2D eigenvalue weighted by Gasteiger charge is 2.58. The molecular formula is C19H31N5O2. The quantitative estimate of drug-likeness (QED) is 0.640. The molecule has 4 rings (SSSR count). The Bertz CT molecular complexity index is 671. The number of ether oxygens (including phenoxy) is 2. The predicted molar refractivity (Wildman–Crippen MR) is 100 cm³/mol. The van der Waals surface area contributed by atoms with E-state index in [2.05, 4.69) is 34.2 Å². The molecule has 7 heteroatoms. The monoisotopic (exact) mass is 361 g/mol. The first-order chi connectivity index (χ1) is 12.5. The van der Waals surface area contributed by atoms with E-state index >= 15 is 0 Å². The second kappa shape index (κ2) is 6.85. The van der Waals surface area contributed by atoms with Crippen molar-refractivity contribution in [3.63, 3.8) is 0 Å². The van der Waals surface area contributed by atoms with Gasteiger partial charge in [-0.05, 0) is 12.8 Å². The van der Waals surface area contributed by atoms with E-state index in [1.807, 2.05) is 31.2 Å². The van der Waals surface area contributed by atoms with Crippen molar-refractivity contribution in [2.75, 3.05) is 33.4 Å². The molecule has 3 aliphatic rings. The highest BCUT2D eigenvalue weighted by atomic mass is 16.5. The highest BCUT2D eigenvalue weighted by molar-refractivity contribution is 5.80. The SMILES string of the molecule is CN=C(NC1C2CCCOC2C1(C)C)N1CCOC(c2cnn(C)c2)C1. The molecule has 2 aliphatic heterocycles. The molecule has 0 bridgehead atoms. The molecule has 3 fully saturated rings. The van der Waals surface area contributed by atoms with Gasteiger partial charge in [-0.3, -0.25) is 9.67 Å². The third kappa shape index (κ3) is 3.01. The van der Waals surface area contributed by atoms with Crippen LogP contribution in [0.4, 0.5) is 0 Å². The molecule has 4 atom stereocenters. The lowest BCUT2D eigenvalue weighted by molar-refractivity contribution is -0.189. The van der Waals surface area contributed by atoms with Crippen LogP contribution in [-0.4, -0.2) is 66.1 Å². The molecule has 1 aromatic rings. The Morgan fingerprint density at radius 2 is 2.19 bits per heavy atom. The number of rotatable bonds is 2. The van der Waals surface area contributed by atoms with E-state index in [9.17, 15) is 0 Å². The summed E-state index contributed by atoms with van der Waals surface area (Å²) in [4.78, 5) is 6.90. The second-order valence-corrected chi connectivity index (χ2v) is 8.34. The Morgan fingerprint density at radius 3 is 2.92 bits per heavy atom. The third-order valence-corrected chi connectivity index (χ3v) is 6.29. The van der Waals surface area contributed by atoms with Crippen LogP contribution < -0.4 is 5.32 Å². The third-order valence-electron chi connectivity index (χ3n) is 6.29. The van der Waals surface area contributed by atoms with Crippen molar-refractivity contribution >= 4 is 5.96 Å². The van der Waals surface area contributed by atoms with Crippen molar-refractivity contribution in [2.24, 2.45) is 23.4 Å². The number of guanidine groups is 1. The van der Waals surface area contributed by atoms with Crippen molar-refractivity contribution < 1.29 is 9.47 Å². The minimum atomic E-state index is 0.0381. The number of hydrogen-bond acceptors (Lipinski definition) is 4. The minimum absolute atomic E-state index is 0.0381. The number of nitrogens with zero attached hydrogens (tertiary/aromatic N) is 4. The zero-order valence-electron chi connectivity index (χ0n) is 16.3. The zero-order valence-corrected chi connectivity index (χ0v) is 16.3. The van der Waals surface area contributed by atoms with E-state index in [1.165, 1.54) is 6.42 Å². The Kier molecular flexibility index (Phi) is 4.69. The molecule has 3 heterocycles. The van der Waals surface area contributed by atoms with Gasteiger partial charge in [0.15, 0.2) is 5.96 Å². The van der Waals surface area contributed by atoms with Crippen LogP contribution in [0.2, 0.25) is 0 Å². The first kappa shape index (κ1) is 17.8. The summed E-state index contributed by atoms with van der Waals surface area (Å²) < 4.78 is 13.8. The number of morpholine rings is 1. The van der Waals surface area contributed by atoms with Crippen molar-refractivity contribution in [1.29, 1.82) is 0 Å². The van der Waals surface area contributed by atoms with Crippen LogP contribution in [0, 0.1) is 11.3 Å². The Morgan fingerprint density at radius 1 is 1.35 bits per heavy atom. The smallest absolute Gasteiger partial charge is 0.194 e. The first-order valence-corrected chi connectivity index (χ1v) is 9.70. The van der Waals surface area contributed by atoms with E-state index in [-0.39, 0.29) is 11.5 Å². The zero-order chi connectivity index (χ0) is 18.3. The topological polar surface area (TPSA) is 63.9 Å². The number of aryl methyl sites for hydroxylation is 1. The standard InChI is InChI=1S/C19H31N5O2/c1-19(2)16(14-6-5-8-26-17(14)19)22-18(20-3)24-7-9-25-15(12-24)13-10-21-23(4)11-13/h10-11,14-17H,5-9,12H2,1-4H3,(H,20,22). The highest BCUT2D eigenvalue weighted by Crippen LogP contribution is 2.51. The van der Waals surface area contributed by atoms with Crippen LogP contribution in [0.3, 0.4) is 0 Å². The summed E-state index contributed by atoms with van der Waals surface area (Å²) in [6.45, 7) is 7.87. The average Bonchev–Trinajstić information content (AvgIpc) is 3.09. The summed E-state index contributed by atoms with van der Waals surface area (Å²) in [6, 6.07) is 0.409. The summed E-state index contributed by atoms with van der Waals surface area (Å²) in [5.74, 6) is 1.56. The van der Waals surface area contributed by atoms with Gasteiger partial charge in [-0.2, -0.15) is 5.10 Å². The lowest BCUT2D eigenvalue weighted by Crippen LogP contribution is -2.71. The van der Waals surface area contributed by atoms with Gasteiger partial charge >= 0.3 is 0 Å². The van der Waals surface area contributed by atoms with Gasteiger partial charge in [0, 0.05) is 56.4 Å². The van der Waals surface area contributed by atoms with E-state index < -0.39 is 0 Å². The minimum Gasteiger partial charge on any atom is -0.377 e. The Balaban J connectivity index is 1.44. The maximum absolute atomic E-state index is 6.04. The van der Waals surface area contributed by atoms with Crippen molar-refractivity contribution in [2.45, 2.75) is 44.9 Å². The predicted octanol–water partition coefficient (Wildman–Crippen LogP) is 1.57. The lowest BCUT2D eigenvalue weighted by atomic mass is 9.55. The van der Waals surface area contributed by atoms with Crippen LogP contribution in [0.1, 0.15) is 38.4 Å². The second-order valence-electron chi connectivity index (χ2n) is 8.34. The lowest BCUT2D eigenvalue weighted by Gasteiger charge is -2.60.